The maximum atomic E-state index is 13.2. The van der Waals surface area contributed by atoms with Crippen molar-refractivity contribution < 1.29 is 4.39 Å². The summed E-state index contributed by atoms with van der Waals surface area (Å²) in [6, 6.07) is 10.4. The van der Waals surface area contributed by atoms with Crippen LogP contribution < -0.4 is 0 Å². The van der Waals surface area contributed by atoms with Crippen molar-refractivity contribution in [2.45, 2.75) is 11.8 Å². The van der Waals surface area contributed by atoms with Crippen LogP contribution in [-0.2, 0) is 6.42 Å². The third-order valence-corrected chi connectivity index (χ3v) is 3.23. The van der Waals surface area contributed by atoms with Gasteiger partial charge in [0.2, 0.25) is 0 Å². The Morgan fingerprint density at radius 1 is 1.29 bits per heavy atom. The molecule has 1 heterocycles. The third-order valence-electron chi connectivity index (χ3n) is 2.36. The minimum atomic E-state index is -0.291. The summed E-state index contributed by atoms with van der Waals surface area (Å²) in [6.07, 6.45) is 2.30. The molecule has 0 bridgehead atoms. The van der Waals surface area contributed by atoms with E-state index in [2.05, 4.69) is 20.9 Å². The van der Waals surface area contributed by atoms with E-state index in [0.29, 0.717) is 10.9 Å². The van der Waals surface area contributed by atoms with Crippen LogP contribution in [0.4, 0.5) is 4.39 Å². The largest absolute Gasteiger partial charge is 0.261 e. The van der Waals surface area contributed by atoms with Crippen molar-refractivity contribution in [2.24, 2.45) is 0 Å². The number of nitrogens with zero attached hydrogens (tertiary/aromatic N) is 1. The Hall–Kier alpha value is -0.930. The average Bonchev–Trinajstić information content (AvgIpc) is 2.29. The maximum absolute atomic E-state index is 13.2. The molecule has 1 aromatic carbocycles. The number of benzene rings is 1. The molecular formula is C13H10BrClFN. The van der Waals surface area contributed by atoms with Crippen molar-refractivity contribution in [1.82, 2.24) is 4.98 Å². The van der Waals surface area contributed by atoms with Gasteiger partial charge in [-0.25, -0.2) is 4.39 Å². The number of alkyl halides is 1. The zero-order chi connectivity index (χ0) is 12.3. The van der Waals surface area contributed by atoms with E-state index >= 15 is 0 Å². The van der Waals surface area contributed by atoms with Crippen LogP contribution >= 0.6 is 27.5 Å². The maximum Gasteiger partial charge on any atom is 0.124 e. The first kappa shape index (κ1) is 12.5. The van der Waals surface area contributed by atoms with Crippen molar-refractivity contribution >= 4 is 27.5 Å². The Bertz CT molecular complexity index is 484. The number of pyridine rings is 1. The number of aromatic nitrogens is 1. The molecule has 4 heteroatoms. The monoisotopic (exact) mass is 313 g/mol. The number of rotatable bonds is 3. The molecule has 2 rings (SSSR count). The molecule has 2 aromatic rings. The molecule has 1 nitrogen and oxygen atoms in total. The molecule has 0 saturated heterocycles. The van der Waals surface area contributed by atoms with Crippen LogP contribution in [0.3, 0.4) is 0 Å². The lowest BCUT2D eigenvalue weighted by molar-refractivity contribution is 0.623. The first-order chi connectivity index (χ1) is 8.15. The lowest BCUT2D eigenvalue weighted by Gasteiger charge is -2.10. The first-order valence-electron chi connectivity index (χ1n) is 5.15. The molecule has 88 valence electrons. The first-order valence-corrected chi connectivity index (χ1v) is 6.38. The van der Waals surface area contributed by atoms with E-state index in [1.165, 1.54) is 12.1 Å². The fraction of sp³-hybridized carbons (Fsp3) is 0.154. The Morgan fingerprint density at radius 3 is 2.76 bits per heavy atom. The summed E-state index contributed by atoms with van der Waals surface area (Å²) in [5, 5.41) is -0.281. The molecule has 0 N–H and O–H groups in total. The van der Waals surface area contributed by atoms with E-state index in [4.69, 9.17) is 11.6 Å². The zero-order valence-electron chi connectivity index (χ0n) is 8.91. The van der Waals surface area contributed by atoms with Gasteiger partial charge in [0.15, 0.2) is 0 Å². The molecule has 0 aliphatic heterocycles. The van der Waals surface area contributed by atoms with Crippen LogP contribution in [0.25, 0.3) is 0 Å². The van der Waals surface area contributed by atoms with Crippen LogP contribution in [0.15, 0.2) is 47.1 Å². The van der Waals surface area contributed by atoms with Gasteiger partial charge in [0, 0.05) is 22.8 Å². The molecule has 0 amide bonds. The molecule has 0 radical (unpaired) electrons. The normalized spacial score (nSPS) is 12.4. The summed E-state index contributed by atoms with van der Waals surface area (Å²) in [5.74, 6) is -0.291. The highest BCUT2D eigenvalue weighted by atomic mass is 79.9. The van der Waals surface area contributed by atoms with Gasteiger partial charge in [-0.2, -0.15) is 0 Å². The smallest absolute Gasteiger partial charge is 0.124 e. The van der Waals surface area contributed by atoms with Gasteiger partial charge in [0.1, 0.15) is 5.82 Å². The van der Waals surface area contributed by atoms with Gasteiger partial charge in [0.25, 0.3) is 0 Å². The highest BCUT2D eigenvalue weighted by Gasteiger charge is 2.11. The fourth-order valence-electron chi connectivity index (χ4n) is 1.58. The van der Waals surface area contributed by atoms with Gasteiger partial charge in [-0.3, -0.25) is 4.98 Å². The van der Waals surface area contributed by atoms with Gasteiger partial charge in [-0.1, -0.05) is 22.0 Å². The van der Waals surface area contributed by atoms with Gasteiger partial charge < -0.3 is 0 Å². The quantitative estimate of drug-likeness (QED) is 0.760. The molecule has 1 aromatic heterocycles. The highest BCUT2D eigenvalue weighted by molar-refractivity contribution is 9.10. The second-order valence-electron chi connectivity index (χ2n) is 3.70. The predicted molar refractivity (Wildman–Crippen MR) is 70.6 cm³/mol. The Labute approximate surface area is 113 Å². The molecular weight excluding hydrogens is 305 g/mol. The highest BCUT2D eigenvalue weighted by Crippen LogP contribution is 2.27. The number of hydrogen-bond acceptors (Lipinski definition) is 1. The van der Waals surface area contributed by atoms with E-state index in [-0.39, 0.29) is 11.2 Å². The van der Waals surface area contributed by atoms with Crippen molar-refractivity contribution in [3.05, 3.63) is 64.1 Å². The lowest BCUT2D eigenvalue weighted by atomic mass is 10.1. The van der Waals surface area contributed by atoms with Crippen molar-refractivity contribution in [3.8, 4) is 0 Å². The molecule has 0 aliphatic rings. The van der Waals surface area contributed by atoms with Crippen LogP contribution in [0, 0.1) is 5.82 Å². The van der Waals surface area contributed by atoms with Crippen molar-refractivity contribution in [1.29, 1.82) is 0 Å². The standard InChI is InChI=1S/C13H10BrClFN/c14-10-5-9(6-11(16)7-10)13(15)8-12-3-1-2-4-17-12/h1-7,13H,8H2. The van der Waals surface area contributed by atoms with Gasteiger partial charge in [-0.15, -0.1) is 11.6 Å². The second-order valence-corrected chi connectivity index (χ2v) is 5.14. The molecule has 0 spiro atoms. The van der Waals surface area contributed by atoms with Gasteiger partial charge in [0.05, 0.1) is 5.38 Å². The number of halogens is 3. The van der Waals surface area contributed by atoms with E-state index < -0.39 is 0 Å². The van der Waals surface area contributed by atoms with Crippen LogP contribution in [-0.4, -0.2) is 4.98 Å². The third kappa shape index (κ3) is 3.51. The fourth-order valence-corrected chi connectivity index (χ4v) is 2.34. The van der Waals surface area contributed by atoms with Gasteiger partial charge in [-0.05, 0) is 35.9 Å². The van der Waals surface area contributed by atoms with E-state index in [9.17, 15) is 4.39 Å². The summed E-state index contributed by atoms with van der Waals surface area (Å²) in [6.45, 7) is 0. The zero-order valence-corrected chi connectivity index (χ0v) is 11.2. The van der Waals surface area contributed by atoms with Gasteiger partial charge >= 0.3 is 0 Å². The topological polar surface area (TPSA) is 12.9 Å². The minimum Gasteiger partial charge on any atom is -0.261 e. The minimum absolute atomic E-state index is 0.281. The summed E-state index contributed by atoms with van der Waals surface area (Å²) in [7, 11) is 0. The summed E-state index contributed by atoms with van der Waals surface area (Å²) >= 11 is 9.51. The Morgan fingerprint density at radius 2 is 2.12 bits per heavy atom. The molecule has 1 atom stereocenters. The summed E-state index contributed by atoms with van der Waals surface area (Å²) in [5.41, 5.74) is 1.65. The lowest BCUT2D eigenvalue weighted by Crippen LogP contribution is -1.98. The van der Waals surface area contributed by atoms with E-state index in [0.717, 1.165) is 11.3 Å². The van der Waals surface area contributed by atoms with Crippen LogP contribution in [0.5, 0.6) is 0 Å². The molecule has 17 heavy (non-hydrogen) atoms. The molecule has 0 saturated carbocycles. The predicted octanol–water partition coefficient (Wildman–Crippen LogP) is 4.51. The second kappa shape index (κ2) is 5.61. The molecule has 1 unspecified atom stereocenters. The van der Waals surface area contributed by atoms with Crippen LogP contribution in [0.1, 0.15) is 16.6 Å². The van der Waals surface area contributed by atoms with Crippen molar-refractivity contribution in [2.75, 3.05) is 0 Å². The van der Waals surface area contributed by atoms with Crippen molar-refractivity contribution in [3.63, 3.8) is 0 Å². The summed E-state index contributed by atoms with van der Waals surface area (Å²) < 4.78 is 13.9. The Kier molecular flexibility index (Phi) is 4.13. The SMILES string of the molecule is Fc1cc(Br)cc(C(Cl)Cc2ccccn2)c1. The molecule has 0 aliphatic carbocycles. The van der Waals surface area contributed by atoms with E-state index in [1.54, 1.807) is 6.20 Å². The number of hydrogen-bond donors (Lipinski definition) is 0. The van der Waals surface area contributed by atoms with E-state index in [1.807, 2.05) is 24.3 Å². The van der Waals surface area contributed by atoms with Crippen LogP contribution in [0.2, 0.25) is 0 Å². The Balaban J connectivity index is 2.17. The molecule has 0 fully saturated rings. The summed E-state index contributed by atoms with van der Waals surface area (Å²) in [4.78, 5) is 4.20. The average molecular weight is 315 g/mol.